The van der Waals surface area contributed by atoms with E-state index in [2.05, 4.69) is 15.5 Å². The molecule has 2 fully saturated rings. The van der Waals surface area contributed by atoms with Crippen molar-refractivity contribution in [3.63, 3.8) is 0 Å². The van der Waals surface area contributed by atoms with Gasteiger partial charge in [0.1, 0.15) is 6.04 Å². The number of piperidine rings is 1. The lowest BCUT2D eigenvalue weighted by Gasteiger charge is -2.36. The molecule has 0 spiro atoms. The Labute approximate surface area is 142 Å². The van der Waals surface area contributed by atoms with Crippen LogP contribution in [0.15, 0.2) is 4.52 Å². The number of carbonyl (C=O) groups excluding carboxylic acids is 1. The molecule has 0 radical (unpaired) electrons. The highest BCUT2D eigenvalue weighted by atomic mass is 16.5. The summed E-state index contributed by atoms with van der Waals surface area (Å²) in [5.41, 5.74) is 0. The molecule has 24 heavy (non-hydrogen) atoms. The van der Waals surface area contributed by atoms with E-state index in [4.69, 9.17) is 4.52 Å². The molecule has 2 unspecified atom stereocenters. The van der Waals surface area contributed by atoms with Crippen molar-refractivity contribution in [1.29, 1.82) is 0 Å². The maximum absolute atomic E-state index is 12.8. The molecule has 7 nitrogen and oxygen atoms in total. The Kier molecular flexibility index (Phi) is 5.38. The third-order valence-electron chi connectivity index (χ3n) is 4.96. The summed E-state index contributed by atoms with van der Waals surface area (Å²) in [5, 5.41) is 16.4. The summed E-state index contributed by atoms with van der Waals surface area (Å²) in [6.45, 7) is 4.91. The number of nitrogens with zero attached hydrogens (tertiary/aromatic N) is 3. The molecule has 0 bridgehead atoms. The van der Waals surface area contributed by atoms with E-state index in [0.29, 0.717) is 18.2 Å². The fraction of sp³-hybridized carbons (Fsp3) is 0.824. The third-order valence-corrected chi connectivity index (χ3v) is 4.96. The third kappa shape index (κ3) is 3.88. The molecule has 1 aliphatic heterocycles. The summed E-state index contributed by atoms with van der Waals surface area (Å²) in [7, 11) is 0. The average molecular weight is 336 g/mol. The molecule has 2 heterocycles. The molecule has 1 aromatic heterocycles. The highest BCUT2D eigenvalue weighted by Crippen LogP contribution is 2.38. The van der Waals surface area contributed by atoms with Crippen molar-refractivity contribution < 1.29 is 14.4 Å². The van der Waals surface area contributed by atoms with Crippen molar-refractivity contribution in [3.05, 3.63) is 11.7 Å². The van der Waals surface area contributed by atoms with Gasteiger partial charge in [-0.05, 0) is 44.4 Å². The second kappa shape index (κ2) is 7.51. The summed E-state index contributed by atoms with van der Waals surface area (Å²) < 4.78 is 5.42. The Bertz CT molecular complexity index is 554. The molecule has 2 amide bonds. The van der Waals surface area contributed by atoms with Crippen LogP contribution in [0, 0.1) is 5.92 Å². The summed E-state index contributed by atoms with van der Waals surface area (Å²) >= 11 is 0. The van der Waals surface area contributed by atoms with Crippen LogP contribution in [0.4, 0.5) is 4.79 Å². The number of nitrogens with one attached hydrogen (secondary N) is 1. The van der Waals surface area contributed by atoms with Crippen LogP contribution >= 0.6 is 0 Å². The Balaban J connectivity index is 1.68. The number of urea groups is 1. The van der Waals surface area contributed by atoms with Gasteiger partial charge in [-0.2, -0.15) is 4.98 Å². The first-order chi connectivity index (χ1) is 11.6. The molecule has 2 N–H and O–H groups in total. The van der Waals surface area contributed by atoms with Crippen molar-refractivity contribution in [2.24, 2.45) is 5.92 Å². The lowest BCUT2D eigenvalue weighted by atomic mass is 9.99. The van der Waals surface area contributed by atoms with Gasteiger partial charge in [-0.3, -0.25) is 0 Å². The van der Waals surface area contributed by atoms with Crippen LogP contribution in [0.3, 0.4) is 0 Å². The van der Waals surface area contributed by atoms with Gasteiger partial charge in [0.25, 0.3) is 0 Å². The van der Waals surface area contributed by atoms with E-state index in [1.54, 1.807) is 0 Å². The van der Waals surface area contributed by atoms with E-state index in [1.807, 2.05) is 18.7 Å². The normalized spacial score (nSPS) is 22.7. The fourth-order valence-corrected chi connectivity index (χ4v) is 3.33. The first kappa shape index (κ1) is 17.2. The quantitative estimate of drug-likeness (QED) is 0.833. The van der Waals surface area contributed by atoms with Crippen LogP contribution in [0.2, 0.25) is 0 Å². The van der Waals surface area contributed by atoms with Crippen molar-refractivity contribution in [2.75, 3.05) is 13.2 Å². The summed E-state index contributed by atoms with van der Waals surface area (Å²) in [6.07, 6.45) is 5.94. The molecule has 1 saturated heterocycles. The zero-order valence-corrected chi connectivity index (χ0v) is 14.6. The van der Waals surface area contributed by atoms with Crippen molar-refractivity contribution in [3.8, 4) is 0 Å². The average Bonchev–Trinajstić information content (AvgIpc) is 3.31. The van der Waals surface area contributed by atoms with Gasteiger partial charge < -0.3 is 19.8 Å². The number of hydrogen-bond donors (Lipinski definition) is 2. The standard InChI is InChI=1S/C17H28N4O3/c1-11(2)14(16-19-15(20-24-16)12-6-7-12)18-17(23)21-9-4-3-5-13(21)8-10-22/h11-14,22H,3-10H2,1-2H3,(H,18,23). The number of aliphatic hydroxyl groups is 1. The zero-order chi connectivity index (χ0) is 17.1. The maximum Gasteiger partial charge on any atom is 0.318 e. The molecule has 134 valence electrons. The van der Waals surface area contributed by atoms with Gasteiger partial charge >= 0.3 is 6.03 Å². The summed E-state index contributed by atoms with van der Waals surface area (Å²) in [4.78, 5) is 19.1. The molecule has 1 saturated carbocycles. The zero-order valence-electron chi connectivity index (χ0n) is 14.6. The predicted octanol–water partition coefficient (Wildman–Crippen LogP) is 2.59. The van der Waals surface area contributed by atoms with Gasteiger partial charge in [0.15, 0.2) is 5.82 Å². The van der Waals surface area contributed by atoms with Gasteiger partial charge in [-0.25, -0.2) is 4.79 Å². The van der Waals surface area contributed by atoms with Crippen LogP contribution in [0.25, 0.3) is 0 Å². The molecular formula is C17H28N4O3. The van der Waals surface area contributed by atoms with E-state index in [0.717, 1.165) is 44.5 Å². The highest BCUT2D eigenvalue weighted by Gasteiger charge is 2.33. The lowest BCUT2D eigenvalue weighted by molar-refractivity contribution is 0.125. The molecule has 1 aromatic rings. The Morgan fingerprint density at radius 2 is 2.17 bits per heavy atom. The lowest BCUT2D eigenvalue weighted by Crippen LogP contribution is -2.50. The van der Waals surface area contributed by atoms with Gasteiger partial charge in [0.05, 0.1) is 0 Å². The highest BCUT2D eigenvalue weighted by molar-refractivity contribution is 5.75. The van der Waals surface area contributed by atoms with Gasteiger partial charge in [-0.15, -0.1) is 0 Å². The van der Waals surface area contributed by atoms with E-state index < -0.39 is 0 Å². The first-order valence-corrected chi connectivity index (χ1v) is 9.11. The van der Waals surface area contributed by atoms with Crippen LogP contribution < -0.4 is 5.32 Å². The van der Waals surface area contributed by atoms with Gasteiger partial charge in [0, 0.05) is 25.1 Å². The van der Waals surface area contributed by atoms with E-state index in [-0.39, 0.29) is 30.6 Å². The largest absolute Gasteiger partial charge is 0.396 e. The minimum absolute atomic E-state index is 0.0991. The molecule has 7 heteroatoms. The molecule has 2 atom stereocenters. The van der Waals surface area contributed by atoms with E-state index >= 15 is 0 Å². The molecular weight excluding hydrogens is 308 g/mol. The second-order valence-corrected chi connectivity index (χ2v) is 7.29. The second-order valence-electron chi connectivity index (χ2n) is 7.29. The number of aliphatic hydroxyl groups excluding tert-OH is 1. The predicted molar refractivity (Wildman–Crippen MR) is 88.4 cm³/mol. The Morgan fingerprint density at radius 3 is 2.83 bits per heavy atom. The molecule has 0 aromatic carbocycles. The number of hydrogen-bond acceptors (Lipinski definition) is 5. The van der Waals surface area contributed by atoms with Crippen molar-refractivity contribution >= 4 is 6.03 Å². The minimum Gasteiger partial charge on any atom is -0.396 e. The van der Waals surface area contributed by atoms with Gasteiger partial charge in [-0.1, -0.05) is 19.0 Å². The molecule has 2 aliphatic rings. The number of likely N-dealkylation sites (tertiary alicyclic amines) is 1. The van der Waals surface area contributed by atoms with Crippen molar-refractivity contribution in [2.45, 2.75) is 70.4 Å². The van der Waals surface area contributed by atoms with Crippen LogP contribution in [-0.2, 0) is 0 Å². The fourth-order valence-electron chi connectivity index (χ4n) is 3.33. The number of rotatable bonds is 6. The Hall–Kier alpha value is -1.63. The smallest absolute Gasteiger partial charge is 0.318 e. The van der Waals surface area contributed by atoms with E-state index in [9.17, 15) is 9.90 Å². The van der Waals surface area contributed by atoms with Crippen molar-refractivity contribution in [1.82, 2.24) is 20.4 Å². The molecule has 3 rings (SSSR count). The Morgan fingerprint density at radius 1 is 1.38 bits per heavy atom. The number of aromatic nitrogens is 2. The monoisotopic (exact) mass is 336 g/mol. The SMILES string of the molecule is CC(C)C(NC(=O)N1CCCCC1CCO)c1nc(C2CC2)no1. The van der Waals surface area contributed by atoms with E-state index in [1.165, 1.54) is 0 Å². The minimum atomic E-state index is -0.283. The summed E-state index contributed by atoms with van der Waals surface area (Å²) in [6, 6.07) is -0.270. The van der Waals surface area contributed by atoms with Crippen LogP contribution in [0.1, 0.15) is 76.0 Å². The number of carbonyl (C=O) groups is 1. The van der Waals surface area contributed by atoms with Gasteiger partial charge in [0.2, 0.25) is 5.89 Å². The first-order valence-electron chi connectivity index (χ1n) is 9.11. The van der Waals surface area contributed by atoms with Crippen LogP contribution in [0.5, 0.6) is 0 Å². The maximum atomic E-state index is 12.8. The summed E-state index contributed by atoms with van der Waals surface area (Å²) in [5.74, 6) is 1.85. The topological polar surface area (TPSA) is 91.5 Å². The number of amides is 2. The molecule has 1 aliphatic carbocycles. The van der Waals surface area contributed by atoms with Crippen LogP contribution in [-0.4, -0.2) is 45.4 Å².